The summed E-state index contributed by atoms with van der Waals surface area (Å²) in [4.78, 5) is 19.2. The van der Waals surface area contributed by atoms with E-state index in [-0.39, 0.29) is 18.0 Å². The van der Waals surface area contributed by atoms with Gasteiger partial charge in [0.1, 0.15) is 0 Å². The Hall–Kier alpha value is -1.39. The van der Waals surface area contributed by atoms with Crippen LogP contribution in [0.4, 0.5) is 0 Å². The molecule has 4 nitrogen and oxygen atoms in total. The van der Waals surface area contributed by atoms with Crippen molar-refractivity contribution in [1.82, 2.24) is 15.3 Å². The molecule has 0 aromatic carbocycles. The van der Waals surface area contributed by atoms with Crippen LogP contribution in [0.2, 0.25) is 0 Å². The minimum atomic E-state index is -0.0240. The quantitative estimate of drug-likeness (QED) is 0.827. The molecule has 0 atom stereocenters. The standard InChI is InChI=1S/C13H15N3O.ClH/c17-13-10-2-1-5-15-12(10)8-11(16-13)9-3-6-14-7-4-9;/h1-2,5,8-9,14H,3-4,6-7H2,(H,16,17);1H. The Balaban J connectivity index is 0.00000120. The summed E-state index contributed by atoms with van der Waals surface area (Å²) in [5.41, 5.74) is 1.80. The SMILES string of the molecule is Cl.O=c1[nH]c(C2CCNCC2)cc2ncccc12. The molecule has 96 valence electrons. The maximum Gasteiger partial charge on any atom is 0.257 e. The number of nitrogens with one attached hydrogen (secondary N) is 2. The van der Waals surface area contributed by atoms with Crippen molar-refractivity contribution < 1.29 is 0 Å². The number of hydrogen-bond acceptors (Lipinski definition) is 3. The van der Waals surface area contributed by atoms with Gasteiger partial charge in [0, 0.05) is 17.8 Å². The van der Waals surface area contributed by atoms with E-state index in [4.69, 9.17) is 0 Å². The number of aromatic nitrogens is 2. The van der Waals surface area contributed by atoms with E-state index < -0.39 is 0 Å². The Labute approximate surface area is 111 Å². The number of aromatic amines is 1. The van der Waals surface area contributed by atoms with Crippen molar-refractivity contribution in [3.63, 3.8) is 0 Å². The number of nitrogens with zero attached hydrogens (tertiary/aromatic N) is 1. The Morgan fingerprint density at radius 3 is 2.83 bits per heavy atom. The van der Waals surface area contributed by atoms with Gasteiger partial charge in [-0.3, -0.25) is 9.78 Å². The lowest BCUT2D eigenvalue weighted by Gasteiger charge is -2.22. The van der Waals surface area contributed by atoms with Crippen molar-refractivity contribution in [2.75, 3.05) is 13.1 Å². The Morgan fingerprint density at radius 2 is 2.06 bits per heavy atom. The third-order valence-electron chi connectivity index (χ3n) is 3.41. The molecular weight excluding hydrogens is 250 g/mol. The summed E-state index contributed by atoms with van der Waals surface area (Å²) in [5, 5.41) is 4.00. The Kier molecular flexibility index (Phi) is 3.99. The highest BCUT2D eigenvalue weighted by Crippen LogP contribution is 2.23. The zero-order valence-electron chi connectivity index (χ0n) is 9.98. The van der Waals surface area contributed by atoms with Gasteiger partial charge in [0.15, 0.2) is 0 Å². The molecule has 3 rings (SSSR count). The second-order valence-corrected chi connectivity index (χ2v) is 4.51. The van der Waals surface area contributed by atoms with Crippen molar-refractivity contribution in [2.24, 2.45) is 0 Å². The van der Waals surface area contributed by atoms with E-state index in [2.05, 4.69) is 15.3 Å². The predicted molar refractivity (Wildman–Crippen MR) is 74.5 cm³/mol. The van der Waals surface area contributed by atoms with Gasteiger partial charge in [-0.1, -0.05) is 0 Å². The van der Waals surface area contributed by atoms with Crippen molar-refractivity contribution >= 4 is 23.3 Å². The molecule has 2 aromatic heterocycles. The number of rotatable bonds is 1. The fourth-order valence-electron chi connectivity index (χ4n) is 2.46. The van der Waals surface area contributed by atoms with Crippen LogP contribution in [-0.4, -0.2) is 23.1 Å². The molecule has 1 aliphatic rings. The van der Waals surface area contributed by atoms with Crippen LogP contribution in [0.1, 0.15) is 24.5 Å². The molecule has 0 aliphatic carbocycles. The number of hydrogen-bond donors (Lipinski definition) is 2. The van der Waals surface area contributed by atoms with E-state index in [0.717, 1.165) is 37.1 Å². The summed E-state index contributed by atoms with van der Waals surface area (Å²) < 4.78 is 0. The zero-order chi connectivity index (χ0) is 11.7. The smallest absolute Gasteiger partial charge is 0.257 e. The summed E-state index contributed by atoms with van der Waals surface area (Å²) in [7, 11) is 0. The van der Waals surface area contributed by atoms with E-state index in [1.165, 1.54) is 0 Å². The zero-order valence-corrected chi connectivity index (χ0v) is 10.8. The molecule has 1 aliphatic heterocycles. The maximum atomic E-state index is 11.9. The molecule has 1 fully saturated rings. The molecule has 3 heterocycles. The van der Waals surface area contributed by atoms with E-state index in [1.807, 2.05) is 12.1 Å². The lowest BCUT2D eigenvalue weighted by Crippen LogP contribution is -2.28. The van der Waals surface area contributed by atoms with Crippen molar-refractivity contribution in [2.45, 2.75) is 18.8 Å². The number of H-pyrrole nitrogens is 1. The largest absolute Gasteiger partial charge is 0.325 e. The average Bonchev–Trinajstić information content (AvgIpc) is 2.40. The van der Waals surface area contributed by atoms with E-state index in [9.17, 15) is 4.79 Å². The molecule has 0 amide bonds. The first kappa shape index (κ1) is 13.1. The van der Waals surface area contributed by atoms with Crippen LogP contribution in [0.25, 0.3) is 10.9 Å². The molecule has 0 bridgehead atoms. The number of fused-ring (bicyclic) bond motifs is 1. The predicted octanol–water partition coefficient (Wildman–Crippen LogP) is 1.81. The maximum absolute atomic E-state index is 11.9. The Bertz CT molecular complexity index is 590. The van der Waals surface area contributed by atoms with E-state index in [0.29, 0.717) is 11.3 Å². The Morgan fingerprint density at radius 1 is 1.28 bits per heavy atom. The second kappa shape index (κ2) is 5.50. The van der Waals surface area contributed by atoms with Crippen LogP contribution < -0.4 is 10.9 Å². The van der Waals surface area contributed by atoms with Crippen molar-refractivity contribution in [3.05, 3.63) is 40.4 Å². The average molecular weight is 266 g/mol. The van der Waals surface area contributed by atoms with Crippen LogP contribution in [-0.2, 0) is 0 Å². The summed E-state index contributed by atoms with van der Waals surface area (Å²) in [6, 6.07) is 5.63. The molecule has 0 radical (unpaired) electrons. The number of pyridine rings is 2. The molecular formula is C13H16ClN3O. The van der Waals surface area contributed by atoms with Crippen molar-refractivity contribution in [3.8, 4) is 0 Å². The van der Waals surface area contributed by atoms with Gasteiger partial charge in [0.25, 0.3) is 5.56 Å². The third-order valence-corrected chi connectivity index (χ3v) is 3.41. The first-order chi connectivity index (χ1) is 8.34. The lowest BCUT2D eigenvalue weighted by molar-refractivity contribution is 0.453. The molecule has 0 spiro atoms. The van der Waals surface area contributed by atoms with E-state index >= 15 is 0 Å². The third kappa shape index (κ3) is 2.40. The van der Waals surface area contributed by atoms with Gasteiger partial charge < -0.3 is 10.3 Å². The minimum Gasteiger partial charge on any atom is -0.325 e. The monoisotopic (exact) mass is 265 g/mol. The fraction of sp³-hybridized carbons (Fsp3) is 0.385. The fourth-order valence-corrected chi connectivity index (χ4v) is 2.46. The topological polar surface area (TPSA) is 57.8 Å². The molecule has 2 aromatic rings. The molecule has 5 heteroatoms. The normalized spacial score (nSPS) is 16.4. The van der Waals surface area contributed by atoms with Crippen LogP contribution in [0.5, 0.6) is 0 Å². The molecule has 2 N–H and O–H groups in total. The van der Waals surface area contributed by atoms with Crippen LogP contribution in [0, 0.1) is 0 Å². The van der Waals surface area contributed by atoms with Gasteiger partial charge >= 0.3 is 0 Å². The summed E-state index contributed by atoms with van der Waals surface area (Å²) in [5.74, 6) is 0.454. The highest BCUT2D eigenvalue weighted by Gasteiger charge is 2.16. The highest BCUT2D eigenvalue weighted by molar-refractivity contribution is 5.85. The molecule has 18 heavy (non-hydrogen) atoms. The van der Waals surface area contributed by atoms with Crippen molar-refractivity contribution in [1.29, 1.82) is 0 Å². The molecule has 1 saturated heterocycles. The highest BCUT2D eigenvalue weighted by atomic mass is 35.5. The van der Waals surface area contributed by atoms with Gasteiger partial charge in [0.05, 0.1) is 10.9 Å². The second-order valence-electron chi connectivity index (χ2n) is 4.51. The number of halogens is 1. The summed E-state index contributed by atoms with van der Waals surface area (Å²) in [6.07, 6.45) is 3.89. The minimum absolute atomic E-state index is 0. The van der Waals surface area contributed by atoms with Gasteiger partial charge in [-0.2, -0.15) is 0 Å². The summed E-state index contributed by atoms with van der Waals surface area (Å²) in [6.45, 7) is 2.04. The van der Waals surface area contributed by atoms with Gasteiger partial charge in [-0.25, -0.2) is 0 Å². The van der Waals surface area contributed by atoms with Crippen LogP contribution in [0.15, 0.2) is 29.2 Å². The first-order valence-corrected chi connectivity index (χ1v) is 6.03. The summed E-state index contributed by atoms with van der Waals surface area (Å²) >= 11 is 0. The first-order valence-electron chi connectivity index (χ1n) is 6.03. The van der Waals surface area contributed by atoms with Gasteiger partial charge in [-0.15, -0.1) is 12.4 Å². The molecule has 0 saturated carbocycles. The molecule has 0 unspecified atom stereocenters. The number of piperidine rings is 1. The van der Waals surface area contributed by atoms with E-state index in [1.54, 1.807) is 12.3 Å². The van der Waals surface area contributed by atoms with Crippen LogP contribution >= 0.6 is 12.4 Å². The van der Waals surface area contributed by atoms with Gasteiger partial charge in [0.2, 0.25) is 0 Å². The van der Waals surface area contributed by atoms with Crippen LogP contribution in [0.3, 0.4) is 0 Å². The van der Waals surface area contributed by atoms with Gasteiger partial charge in [-0.05, 0) is 44.1 Å². The lowest BCUT2D eigenvalue weighted by atomic mass is 9.94.